The monoisotopic (exact) mass is 576 g/mol. The lowest BCUT2D eigenvalue weighted by atomic mass is 10.0. The largest absolute Gasteiger partial charge is 0.399 e. The second-order valence-electron chi connectivity index (χ2n) is 8.05. The van der Waals surface area contributed by atoms with Crippen molar-refractivity contribution in [1.29, 1.82) is 0 Å². The van der Waals surface area contributed by atoms with Gasteiger partial charge in [0.15, 0.2) is 5.78 Å². The van der Waals surface area contributed by atoms with Crippen LogP contribution in [0.25, 0.3) is 0 Å². The van der Waals surface area contributed by atoms with Crippen molar-refractivity contribution in [3.63, 3.8) is 0 Å². The number of benzene rings is 3. The lowest BCUT2D eigenvalue weighted by Crippen LogP contribution is -2.17. The number of nitrogens with one attached hydrogen (secondary N) is 1. The van der Waals surface area contributed by atoms with Crippen molar-refractivity contribution in [3.05, 3.63) is 91.9 Å². The highest BCUT2D eigenvalue weighted by Crippen LogP contribution is 2.65. The molecule has 1 unspecified atom stereocenters. The van der Waals surface area contributed by atoms with E-state index in [4.69, 9.17) is 63.7 Å². The Bertz CT molecular complexity index is 1340. The molecule has 0 aliphatic heterocycles. The number of ketones is 1. The Balaban J connectivity index is 1.52. The average molecular weight is 579 g/mol. The molecule has 11 heteroatoms. The van der Waals surface area contributed by atoms with Crippen LogP contribution in [0.15, 0.2) is 48.5 Å². The van der Waals surface area contributed by atoms with Gasteiger partial charge in [-0.3, -0.25) is 9.59 Å². The highest BCUT2D eigenvalue weighted by Gasteiger charge is 2.67. The fourth-order valence-electron chi connectivity index (χ4n) is 3.86. The number of hydrogen-bond donors (Lipinski definition) is 2. The van der Waals surface area contributed by atoms with Gasteiger partial charge in [0.2, 0.25) is 5.91 Å². The number of hydrogen-bond acceptors (Lipinski definition) is 3. The first-order chi connectivity index (χ1) is 16.4. The molecule has 1 saturated carbocycles. The molecule has 1 aliphatic carbocycles. The summed E-state index contributed by atoms with van der Waals surface area (Å²) in [5, 5.41) is 3.36. The quantitative estimate of drug-likeness (QED) is 0.181. The molecule has 0 saturated heterocycles. The van der Waals surface area contributed by atoms with Crippen molar-refractivity contribution >= 4 is 81.1 Å². The van der Waals surface area contributed by atoms with E-state index >= 15 is 0 Å². The molecule has 0 aromatic heterocycles. The Labute approximate surface area is 224 Å². The number of halogens is 7. The average Bonchev–Trinajstić information content (AvgIpc) is 3.35. The third-order valence-corrected chi connectivity index (χ3v) is 7.68. The number of anilines is 2. The van der Waals surface area contributed by atoms with Crippen molar-refractivity contribution < 1.29 is 18.4 Å². The number of alkyl halides is 2. The zero-order valence-corrected chi connectivity index (χ0v) is 21.3. The van der Waals surface area contributed by atoms with Crippen molar-refractivity contribution in [3.8, 4) is 0 Å². The van der Waals surface area contributed by atoms with Crippen LogP contribution in [0.4, 0.5) is 20.2 Å². The van der Waals surface area contributed by atoms with E-state index in [0.29, 0.717) is 15.6 Å². The van der Waals surface area contributed by atoms with E-state index in [1.54, 1.807) is 18.2 Å². The molecule has 3 aromatic carbocycles. The van der Waals surface area contributed by atoms with E-state index < -0.39 is 51.5 Å². The Morgan fingerprint density at radius 3 is 2.17 bits per heavy atom. The van der Waals surface area contributed by atoms with Crippen LogP contribution in [-0.2, 0) is 11.2 Å². The van der Waals surface area contributed by atoms with Gasteiger partial charge in [-0.1, -0.05) is 40.9 Å². The van der Waals surface area contributed by atoms with Crippen LogP contribution >= 0.6 is 58.0 Å². The first-order valence-corrected chi connectivity index (χ1v) is 12.0. The summed E-state index contributed by atoms with van der Waals surface area (Å²) in [4.78, 5) is 25.7. The molecule has 1 amide bonds. The highest BCUT2D eigenvalue weighted by molar-refractivity contribution is 6.53. The van der Waals surface area contributed by atoms with E-state index in [2.05, 4.69) is 5.32 Å². The van der Waals surface area contributed by atoms with Gasteiger partial charge in [-0.15, -0.1) is 23.2 Å². The fourth-order valence-corrected chi connectivity index (χ4v) is 5.22. The van der Waals surface area contributed by atoms with Crippen molar-refractivity contribution in [2.45, 2.75) is 16.7 Å². The van der Waals surface area contributed by atoms with Crippen LogP contribution in [0.2, 0.25) is 15.1 Å². The van der Waals surface area contributed by atoms with Gasteiger partial charge < -0.3 is 11.1 Å². The molecular formula is C24H15Cl5F2N2O2. The summed E-state index contributed by atoms with van der Waals surface area (Å²) in [5.41, 5.74) is 5.71. The first kappa shape index (κ1) is 26.0. The van der Waals surface area contributed by atoms with Gasteiger partial charge in [0.25, 0.3) is 0 Å². The van der Waals surface area contributed by atoms with Crippen molar-refractivity contribution in [2.75, 3.05) is 11.1 Å². The minimum Gasteiger partial charge on any atom is -0.399 e. The van der Waals surface area contributed by atoms with Crippen LogP contribution in [-0.4, -0.2) is 16.0 Å². The summed E-state index contributed by atoms with van der Waals surface area (Å²) in [6, 6.07) is 10.9. The molecule has 4 nitrogen and oxygen atoms in total. The SMILES string of the molecule is Nc1cc(F)c(CC(=O)c2cc(NC(=O)[C@H]3C(c4ccc(Cl)c(Cl)c4)C3(Cl)Cl)ccc2Cl)c(F)c1. The normalized spacial score (nSPS) is 18.3. The first-order valence-electron chi connectivity index (χ1n) is 10.1. The van der Waals surface area contributed by atoms with Gasteiger partial charge in [0.05, 0.1) is 21.0 Å². The zero-order valence-electron chi connectivity index (χ0n) is 17.5. The number of Topliss-reactive ketones (excluding diaryl/α,β-unsaturated/α-hetero) is 1. The lowest BCUT2D eigenvalue weighted by Gasteiger charge is -2.10. The summed E-state index contributed by atoms with van der Waals surface area (Å²) < 4.78 is 26.9. The molecular weight excluding hydrogens is 564 g/mol. The molecule has 2 atom stereocenters. The maximum Gasteiger partial charge on any atom is 0.231 e. The van der Waals surface area contributed by atoms with Gasteiger partial charge in [-0.2, -0.15) is 0 Å². The number of carbonyl (C=O) groups excluding carboxylic acids is 2. The molecule has 4 rings (SSSR count). The van der Waals surface area contributed by atoms with Gasteiger partial charge >= 0.3 is 0 Å². The topological polar surface area (TPSA) is 72.2 Å². The van der Waals surface area contributed by atoms with E-state index in [1.165, 1.54) is 18.2 Å². The Morgan fingerprint density at radius 2 is 1.54 bits per heavy atom. The summed E-state index contributed by atoms with van der Waals surface area (Å²) in [6.45, 7) is 0. The molecule has 3 N–H and O–H groups in total. The maximum atomic E-state index is 14.1. The molecule has 1 fully saturated rings. The Morgan fingerprint density at radius 1 is 0.914 bits per heavy atom. The van der Waals surface area contributed by atoms with Gasteiger partial charge in [-0.25, -0.2) is 8.78 Å². The van der Waals surface area contributed by atoms with E-state index in [-0.39, 0.29) is 22.0 Å². The zero-order chi connectivity index (χ0) is 25.7. The van der Waals surface area contributed by atoms with Gasteiger partial charge in [0.1, 0.15) is 16.0 Å². The highest BCUT2D eigenvalue weighted by atomic mass is 35.5. The smallest absolute Gasteiger partial charge is 0.231 e. The van der Waals surface area contributed by atoms with Crippen LogP contribution in [0.5, 0.6) is 0 Å². The number of amides is 1. The summed E-state index contributed by atoms with van der Waals surface area (Å²) in [5.74, 6) is -4.39. The van der Waals surface area contributed by atoms with Gasteiger partial charge in [0, 0.05) is 34.8 Å². The summed E-state index contributed by atoms with van der Waals surface area (Å²) >= 11 is 30.9. The summed E-state index contributed by atoms with van der Waals surface area (Å²) in [7, 11) is 0. The minimum atomic E-state index is -1.38. The van der Waals surface area contributed by atoms with Crippen LogP contribution < -0.4 is 11.1 Å². The van der Waals surface area contributed by atoms with E-state index in [0.717, 1.165) is 12.1 Å². The molecule has 0 spiro atoms. The minimum absolute atomic E-state index is 0.0278. The number of nitrogen functional groups attached to an aromatic ring is 1. The molecule has 0 radical (unpaired) electrons. The summed E-state index contributed by atoms with van der Waals surface area (Å²) in [6.07, 6.45) is -0.594. The molecule has 182 valence electrons. The predicted octanol–water partition coefficient (Wildman–Crippen LogP) is 7.46. The third-order valence-electron chi connectivity index (χ3n) is 5.67. The maximum absolute atomic E-state index is 14.1. The number of carbonyl (C=O) groups is 2. The Kier molecular flexibility index (Phi) is 7.24. The van der Waals surface area contributed by atoms with Crippen molar-refractivity contribution in [2.24, 2.45) is 5.92 Å². The molecule has 1 aliphatic rings. The van der Waals surface area contributed by atoms with E-state index in [1.807, 2.05) is 0 Å². The fraction of sp³-hybridized carbons (Fsp3) is 0.167. The van der Waals surface area contributed by atoms with Crippen molar-refractivity contribution in [1.82, 2.24) is 0 Å². The third kappa shape index (κ3) is 5.23. The van der Waals surface area contributed by atoms with Crippen LogP contribution in [0, 0.1) is 17.6 Å². The molecule has 35 heavy (non-hydrogen) atoms. The second-order valence-corrected chi connectivity index (χ2v) is 10.7. The second kappa shape index (κ2) is 9.75. The number of rotatable bonds is 6. The van der Waals surface area contributed by atoms with Crippen LogP contribution in [0.1, 0.15) is 27.4 Å². The molecule has 0 heterocycles. The molecule has 0 bridgehead atoms. The lowest BCUT2D eigenvalue weighted by molar-refractivity contribution is -0.117. The Hall–Kier alpha value is -2.09. The number of nitrogens with two attached hydrogens (primary N) is 1. The van der Waals surface area contributed by atoms with Crippen LogP contribution in [0.3, 0.4) is 0 Å². The standard InChI is InChI=1S/C24H15Cl5F2N2O2/c25-15-4-2-12(8-13(15)20(34)9-14-18(30)6-11(32)7-19(14)31)33-23(35)22-21(24(22,28)29)10-1-3-16(26)17(27)5-10/h1-8,21-22H,9,32H2,(H,33,35)/t21?,22-/m1/s1. The van der Waals surface area contributed by atoms with E-state index in [9.17, 15) is 18.4 Å². The predicted molar refractivity (Wildman–Crippen MR) is 136 cm³/mol. The molecule has 3 aromatic rings. The van der Waals surface area contributed by atoms with Gasteiger partial charge in [-0.05, 0) is 48.0 Å².